The van der Waals surface area contributed by atoms with E-state index in [1.165, 1.54) is 43.8 Å². The highest BCUT2D eigenvalue weighted by Gasteiger charge is 2.18. The number of nitrogens with zero attached hydrogens (tertiary/aromatic N) is 2. The van der Waals surface area contributed by atoms with Crippen molar-refractivity contribution in [3.8, 4) is 11.4 Å². The standard InChI is InChI=1S/C32H20N2O/c1-2-8-22(9-3-1)33-28-12-6-5-11-25(28)27-20-23(15-17-30(27)33)34-29-13-7-4-10-24(29)26-16-14-21-18-19-35-32(21)31(26)34/h1-20H. The normalized spacial score (nSPS) is 12.0. The van der Waals surface area contributed by atoms with Crippen molar-refractivity contribution >= 4 is 54.6 Å². The molecule has 0 aliphatic carbocycles. The third-order valence-electron chi connectivity index (χ3n) is 7.18. The van der Waals surface area contributed by atoms with Crippen LogP contribution in [0.4, 0.5) is 0 Å². The predicted molar refractivity (Wildman–Crippen MR) is 145 cm³/mol. The fourth-order valence-corrected chi connectivity index (χ4v) is 5.70. The maximum atomic E-state index is 6.02. The first kappa shape index (κ1) is 18.6. The lowest BCUT2D eigenvalue weighted by Gasteiger charge is -2.10. The van der Waals surface area contributed by atoms with Crippen molar-refractivity contribution in [1.82, 2.24) is 9.13 Å². The molecule has 0 saturated heterocycles. The summed E-state index contributed by atoms with van der Waals surface area (Å²) < 4.78 is 10.7. The lowest BCUT2D eigenvalue weighted by Crippen LogP contribution is -1.95. The fourth-order valence-electron chi connectivity index (χ4n) is 5.70. The molecular weight excluding hydrogens is 428 g/mol. The summed E-state index contributed by atoms with van der Waals surface area (Å²) in [7, 11) is 0. The van der Waals surface area contributed by atoms with Crippen LogP contribution in [0.2, 0.25) is 0 Å². The molecule has 3 aromatic heterocycles. The van der Waals surface area contributed by atoms with Crippen LogP contribution in [0.5, 0.6) is 0 Å². The Labute approximate surface area is 201 Å². The summed E-state index contributed by atoms with van der Waals surface area (Å²) in [5, 5.41) is 6.03. The Morgan fingerprint density at radius 1 is 0.457 bits per heavy atom. The van der Waals surface area contributed by atoms with Gasteiger partial charge in [0.2, 0.25) is 0 Å². The second-order valence-electron chi connectivity index (χ2n) is 9.04. The quantitative estimate of drug-likeness (QED) is 0.259. The van der Waals surface area contributed by atoms with Crippen LogP contribution in [0, 0.1) is 0 Å². The fraction of sp³-hybridized carbons (Fsp3) is 0. The van der Waals surface area contributed by atoms with Crippen LogP contribution in [-0.4, -0.2) is 9.13 Å². The van der Waals surface area contributed by atoms with Gasteiger partial charge in [0.25, 0.3) is 0 Å². The number of fused-ring (bicyclic) bond motifs is 8. The van der Waals surface area contributed by atoms with Crippen molar-refractivity contribution in [2.45, 2.75) is 0 Å². The molecule has 0 amide bonds. The molecule has 5 aromatic carbocycles. The van der Waals surface area contributed by atoms with Gasteiger partial charge >= 0.3 is 0 Å². The van der Waals surface area contributed by atoms with Crippen molar-refractivity contribution in [2.24, 2.45) is 0 Å². The number of furan rings is 1. The number of rotatable bonds is 2. The van der Waals surface area contributed by atoms with Gasteiger partial charge in [0.05, 0.1) is 28.3 Å². The molecule has 3 nitrogen and oxygen atoms in total. The Kier molecular flexibility index (Phi) is 3.66. The molecule has 0 aliphatic rings. The maximum absolute atomic E-state index is 6.02. The summed E-state index contributed by atoms with van der Waals surface area (Å²) in [6.45, 7) is 0. The molecule has 8 rings (SSSR count). The van der Waals surface area contributed by atoms with Gasteiger partial charge < -0.3 is 13.6 Å². The monoisotopic (exact) mass is 448 g/mol. The van der Waals surface area contributed by atoms with Crippen LogP contribution in [0.15, 0.2) is 126 Å². The van der Waals surface area contributed by atoms with Crippen LogP contribution >= 0.6 is 0 Å². The summed E-state index contributed by atoms with van der Waals surface area (Å²) in [5.41, 5.74) is 7.92. The topological polar surface area (TPSA) is 23.0 Å². The second-order valence-corrected chi connectivity index (χ2v) is 9.04. The summed E-state index contributed by atoms with van der Waals surface area (Å²) in [6, 6.07) is 41.1. The Balaban J connectivity index is 1.52. The van der Waals surface area contributed by atoms with E-state index in [0.29, 0.717) is 0 Å². The van der Waals surface area contributed by atoms with Crippen molar-refractivity contribution in [3.63, 3.8) is 0 Å². The molecule has 0 radical (unpaired) electrons. The van der Waals surface area contributed by atoms with E-state index in [9.17, 15) is 0 Å². The third-order valence-corrected chi connectivity index (χ3v) is 7.18. The largest absolute Gasteiger partial charge is 0.462 e. The lowest BCUT2D eigenvalue weighted by atomic mass is 10.1. The van der Waals surface area contributed by atoms with Gasteiger partial charge in [-0.2, -0.15) is 0 Å². The molecule has 0 aliphatic heterocycles. The molecule has 3 heterocycles. The van der Waals surface area contributed by atoms with Crippen LogP contribution < -0.4 is 0 Å². The number of hydrogen-bond donors (Lipinski definition) is 0. The van der Waals surface area contributed by atoms with Gasteiger partial charge in [0, 0.05) is 38.3 Å². The molecule has 0 fully saturated rings. The molecule has 0 spiro atoms. The van der Waals surface area contributed by atoms with Crippen molar-refractivity contribution in [2.75, 3.05) is 0 Å². The van der Waals surface area contributed by atoms with E-state index in [0.717, 1.165) is 22.2 Å². The number of hydrogen-bond acceptors (Lipinski definition) is 1. The van der Waals surface area contributed by atoms with Crippen molar-refractivity contribution in [1.29, 1.82) is 0 Å². The van der Waals surface area contributed by atoms with Crippen molar-refractivity contribution in [3.05, 3.63) is 122 Å². The number of para-hydroxylation sites is 3. The van der Waals surface area contributed by atoms with Gasteiger partial charge in [-0.05, 0) is 48.5 Å². The minimum absolute atomic E-state index is 0.922. The third kappa shape index (κ3) is 2.50. The van der Waals surface area contributed by atoms with Gasteiger partial charge in [0.1, 0.15) is 0 Å². The highest BCUT2D eigenvalue weighted by atomic mass is 16.3. The molecule has 164 valence electrons. The average Bonchev–Trinajstić information content (AvgIpc) is 3.61. The Morgan fingerprint density at radius 3 is 1.97 bits per heavy atom. The summed E-state index contributed by atoms with van der Waals surface area (Å²) >= 11 is 0. The molecule has 0 saturated carbocycles. The zero-order valence-electron chi connectivity index (χ0n) is 18.8. The zero-order valence-corrected chi connectivity index (χ0v) is 18.8. The van der Waals surface area contributed by atoms with E-state index >= 15 is 0 Å². The highest BCUT2D eigenvalue weighted by molar-refractivity contribution is 6.17. The second kappa shape index (κ2) is 6.87. The van der Waals surface area contributed by atoms with E-state index in [1.54, 1.807) is 6.26 Å². The van der Waals surface area contributed by atoms with Crippen LogP contribution in [0.3, 0.4) is 0 Å². The minimum Gasteiger partial charge on any atom is -0.462 e. The van der Waals surface area contributed by atoms with Crippen LogP contribution in [0.25, 0.3) is 66.0 Å². The lowest BCUT2D eigenvalue weighted by molar-refractivity contribution is 0.618. The predicted octanol–water partition coefficient (Wildman–Crippen LogP) is 8.63. The zero-order chi connectivity index (χ0) is 22.9. The minimum atomic E-state index is 0.922. The average molecular weight is 449 g/mol. The van der Waals surface area contributed by atoms with E-state index in [1.807, 2.05) is 6.07 Å². The molecule has 3 heteroatoms. The first-order valence-corrected chi connectivity index (χ1v) is 11.9. The number of aromatic nitrogens is 2. The first-order chi connectivity index (χ1) is 17.4. The van der Waals surface area contributed by atoms with Gasteiger partial charge in [-0.25, -0.2) is 0 Å². The van der Waals surface area contributed by atoms with Crippen LogP contribution in [0.1, 0.15) is 0 Å². The van der Waals surface area contributed by atoms with Gasteiger partial charge in [-0.1, -0.05) is 66.7 Å². The SMILES string of the molecule is c1ccc(-n2c3ccccc3c3cc(-n4c5ccccc5c5ccc6ccoc6c54)ccc32)cc1. The smallest absolute Gasteiger partial charge is 0.158 e. The van der Waals surface area contributed by atoms with E-state index in [4.69, 9.17) is 4.42 Å². The van der Waals surface area contributed by atoms with E-state index in [-0.39, 0.29) is 0 Å². The molecule has 8 aromatic rings. The molecule has 0 atom stereocenters. The highest BCUT2D eigenvalue weighted by Crippen LogP contribution is 2.39. The molecule has 35 heavy (non-hydrogen) atoms. The van der Waals surface area contributed by atoms with Gasteiger partial charge in [-0.15, -0.1) is 0 Å². The molecular formula is C32H20N2O. The van der Waals surface area contributed by atoms with Crippen LogP contribution in [-0.2, 0) is 0 Å². The number of benzene rings is 5. The molecule has 0 N–H and O–H groups in total. The molecule has 0 unspecified atom stereocenters. The maximum Gasteiger partial charge on any atom is 0.158 e. The summed E-state index contributed by atoms with van der Waals surface area (Å²) in [6.07, 6.45) is 1.78. The Bertz CT molecular complexity index is 2050. The van der Waals surface area contributed by atoms with Gasteiger partial charge in [0.15, 0.2) is 5.58 Å². The Hall–Kier alpha value is -4.76. The Morgan fingerprint density at radius 2 is 1.14 bits per heavy atom. The van der Waals surface area contributed by atoms with Crippen molar-refractivity contribution < 1.29 is 4.42 Å². The molecule has 0 bridgehead atoms. The summed E-state index contributed by atoms with van der Waals surface area (Å²) in [4.78, 5) is 0. The summed E-state index contributed by atoms with van der Waals surface area (Å²) in [5.74, 6) is 0. The van der Waals surface area contributed by atoms with E-state index < -0.39 is 0 Å². The van der Waals surface area contributed by atoms with Gasteiger partial charge in [-0.3, -0.25) is 0 Å². The first-order valence-electron chi connectivity index (χ1n) is 11.9. The van der Waals surface area contributed by atoms with E-state index in [2.05, 4.69) is 118 Å².